The van der Waals surface area contributed by atoms with Crippen LogP contribution in [0, 0.1) is 0 Å². The molecule has 0 saturated heterocycles. The monoisotopic (exact) mass is 890 g/mol. The quantitative estimate of drug-likeness (QED) is 0.140. The molecule has 0 aliphatic heterocycles. The molecule has 0 amide bonds. The van der Waals surface area contributed by atoms with Crippen LogP contribution in [0.3, 0.4) is 0 Å². The Morgan fingerprint density at radius 2 is 0.686 bits per heavy atom. The number of anilines is 3. The van der Waals surface area contributed by atoms with Gasteiger partial charge in [-0.15, -0.1) is 0 Å². The molecule has 2 heteroatoms. The lowest BCUT2D eigenvalue weighted by Gasteiger charge is -2.26. The van der Waals surface area contributed by atoms with E-state index in [9.17, 15) is 0 Å². The van der Waals surface area contributed by atoms with E-state index < -0.39 is 0 Å². The van der Waals surface area contributed by atoms with Crippen molar-refractivity contribution in [1.82, 2.24) is 4.57 Å². The highest BCUT2D eigenvalue weighted by Crippen LogP contribution is 2.42. The number of aromatic nitrogens is 1. The normalized spacial score (nSPS) is 11.4. The van der Waals surface area contributed by atoms with Gasteiger partial charge in [-0.25, -0.2) is 0 Å². The van der Waals surface area contributed by atoms with E-state index in [-0.39, 0.29) is 0 Å². The summed E-state index contributed by atoms with van der Waals surface area (Å²) in [5.74, 6) is 0. The second-order valence-electron chi connectivity index (χ2n) is 18.1. The Morgan fingerprint density at radius 3 is 1.31 bits per heavy atom. The average Bonchev–Trinajstić information content (AvgIpc) is 3.78. The molecule has 0 N–H and O–H groups in total. The predicted octanol–water partition coefficient (Wildman–Crippen LogP) is 18.9. The predicted molar refractivity (Wildman–Crippen MR) is 298 cm³/mol. The summed E-state index contributed by atoms with van der Waals surface area (Å²) < 4.78 is 2.44. The SMILES string of the molecule is c1ccc(-c2ccc(-c3ccc(N(c4ccc(-c5ccc6ccccc6c5)cc4)c4ccc(-c5ccc6c7ccc8ccccc8c7n(-c7ccccc7)c6c5)cc4)cc3)cc2-c2ccccc2)cc1. The molecule has 0 spiro atoms. The molecular formula is C68H46N2. The van der Waals surface area contributed by atoms with Crippen LogP contribution in [0.2, 0.25) is 0 Å². The van der Waals surface area contributed by atoms with Crippen LogP contribution in [0.4, 0.5) is 17.1 Å². The van der Waals surface area contributed by atoms with Crippen molar-refractivity contribution in [1.29, 1.82) is 0 Å². The fourth-order valence-electron chi connectivity index (χ4n) is 10.5. The first kappa shape index (κ1) is 41.0. The van der Waals surface area contributed by atoms with E-state index in [4.69, 9.17) is 0 Å². The molecule has 70 heavy (non-hydrogen) atoms. The average molecular weight is 891 g/mol. The largest absolute Gasteiger partial charge is 0.311 e. The molecule has 2 nitrogen and oxygen atoms in total. The highest BCUT2D eigenvalue weighted by atomic mass is 15.1. The van der Waals surface area contributed by atoms with Crippen molar-refractivity contribution in [2.75, 3.05) is 4.90 Å². The Labute approximate surface area is 408 Å². The van der Waals surface area contributed by atoms with Crippen molar-refractivity contribution in [3.63, 3.8) is 0 Å². The number of para-hydroxylation sites is 1. The molecule has 0 aliphatic rings. The van der Waals surface area contributed by atoms with E-state index in [1.165, 1.54) is 93.4 Å². The van der Waals surface area contributed by atoms with Gasteiger partial charge in [-0.05, 0) is 139 Å². The molecule has 0 fully saturated rings. The third-order valence-electron chi connectivity index (χ3n) is 14.0. The van der Waals surface area contributed by atoms with Crippen molar-refractivity contribution >= 4 is 60.4 Å². The van der Waals surface area contributed by atoms with Gasteiger partial charge in [0.15, 0.2) is 0 Å². The van der Waals surface area contributed by atoms with Gasteiger partial charge < -0.3 is 9.47 Å². The Bertz CT molecular complexity index is 4000. The van der Waals surface area contributed by atoms with E-state index in [0.717, 1.165) is 28.3 Å². The zero-order valence-corrected chi connectivity index (χ0v) is 38.5. The molecule has 13 rings (SSSR count). The van der Waals surface area contributed by atoms with Crippen LogP contribution < -0.4 is 4.90 Å². The number of hydrogen-bond donors (Lipinski definition) is 0. The standard InChI is InChI=1S/C68H46N2/c1-4-15-51(16-5-1)62-41-33-56(45-66(62)52-17-6-2-7-18-52)49-28-37-60(38-29-49)69(59-35-26-48(27-36-59)55-25-24-47-14-10-11-20-54(47)44-55)61-39-30-50(31-40-61)57-34-42-64-65-43-32-53-19-12-13-23-63(53)68(65)70(67(64)46-57)58-21-8-3-9-22-58/h1-46H. The summed E-state index contributed by atoms with van der Waals surface area (Å²) >= 11 is 0. The number of benzene rings is 12. The zero-order chi connectivity index (χ0) is 46.4. The Morgan fingerprint density at radius 1 is 0.243 bits per heavy atom. The smallest absolute Gasteiger partial charge is 0.0619 e. The molecule has 1 aromatic heterocycles. The van der Waals surface area contributed by atoms with E-state index in [0.29, 0.717) is 0 Å². The van der Waals surface area contributed by atoms with Gasteiger partial charge in [-0.1, -0.05) is 212 Å². The maximum absolute atomic E-state index is 2.44. The summed E-state index contributed by atoms with van der Waals surface area (Å²) in [6, 6.07) is 102. The van der Waals surface area contributed by atoms with Crippen molar-refractivity contribution in [2.45, 2.75) is 0 Å². The number of rotatable bonds is 9. The summed E-state index contributed by atoms with van der Waals surface area (Å²) in [5.41, 5.74) is 18.8. The van der Waals surface area contributed by atoms with E-state index in [1.54, 1.807) is 0 Å². The van der Waals surface area contributed by atoms with Gasteiger partial charge in [0.1, 0.15) is 0 Å². The molecule has 12 aromatic carbocycles. The lowest BCUT2D eigenvalue weighted by Crippen LogP contribution is -2.09. The first-order chi connectivity index (χ1) is 34.7. The van der Waals surface area contributed by atoms with Crippen LogP contribution in [-0.4, -0.2) is 4.57 Å². The van der Waals surface area contributed by atoms with Crippen LogP contribution in [0.5, 0.6) is 0 Å². The number of hydrogen-bond acceptors (Lipinski definition) is 1. The Kier molecular flexibility index (Phi) is 10.2. The summed E-state index contributed by atoms with van der Waals surface area (Å²) in [4.78, 5) is 2.37. The van der Waals surface area contributed by atoms with E-state index in [1.807, 2.05) is 0 Å². The zero-order valence-electron chi connectivity index (χ0n) is 38.5. The van der Waals surface area contributed by atoms with Gasteiger partial charge in [-0.2, -0.15) is 0 Å². The first-order valence-corrected chi connectivity index (χ1v) is 24.1. The highest BCUT2D eigenvalue weighted by molar-refractivity contribution is 6.19. The lowest BCUT2D eigenvalue weighted by atomic mass is 9.91. The Hall–Kier alpha value is -9.24. The molecule has 328 valence electrons. The molecular weight excluding hydrogens is 845 g/mol. The number of nitrogens with zero attached hydrogens (tertiary/aromatic N) is 2. The summed E-state index contributed by atoms with van der Waals surface area (Å²) in [7, 11) is 0. The maximum Gasteiger partial charge on any atom is 0.0619 e. The van der Waals surface area contributed by atoms with Crippen molar-refractivity contribution < 1.29 is 0 Å². The van der Waals surface area contributed by atoms with Gasteiger partial charge in [0.25, 0.3) is 0 Å². The molecule has 1 heterocycles. The summed E-state index contributed by atoms with van der Waals surface area (Å²) in [5, 5.41) is 7.48. The summed E-state index contributed by atoms with van der Waals surface area (Å²) in [6.45, 7) is 0. The van der Waals surface area contributed by atoms with Crippen molar-refractivity contribution in [3.05, 3.63) is 279 Å². The fourth-order valence-corrected chi connectivity index (χ4v) is 10.5. The minimum Gasteiger partial charge on any atom is -0.311 e. The highest BCUT2D eigenvalue weighted by Gasteiger charge is 2.18. The van der Waals surface area contributed by atoms with Crippen molar-refractivity contribution in [3.8, 4) is 61.3 Å². The molecule has 0 atom stereocenters. The minimum absolute atomic E-state index is 1.08. The molecule has 0 unspecified atom stereocenters. The minimum atomic E-state index is 1.08. The molecule has 0 saturated carbocycles. The van der Waals surface area contributed by atoms with Gasteiger partial charge >= 0.3 is 0 Å². The molecule has 0 aliphatic carbocycles. The van der Waals surface area contributed by atoms with Crippen LogP contribution in [0.15, 0.2) is 279 Å². The van der Waals surface area contributed by atoms with Crippen LogP contribution in [-0.2, 0) is 0 Å². The third-order valence-corrected chi connectivity index (χ3v) is 14.0. The number of fused-ring (bicyclic) bond motifs is 6. The van der Waals surface area contributed by atoms with Crippen LogP contribution in [0.25, 0.3) is 105 Å². The summed E-state index contributed by atoms with van der Waals surface area (Å²) in [6.07, 6.45) is 0. The van der Waals surface area contributed by atoms with E-state index >= 15 is 0 Å². The van der Waals surface area contributed by atoms with Crippen LogP contribution in [0.1, 0.15) is 0 Å². The second-order valence-corrected chi connectivity index (χ2v) is 18.1. The van der Waals surface area contributed by atoms with Gasteiger partial charge in [-0.3, -0.25) is 0 Å². The fraction of sp³-hybridized carbons (Fsp3) is 0. The second kappa shape index (κ2) is 17.4. The third kappa shape index (κ3) is 7.40. The molecule has 0 bridgehead atoms. The van der Waals surface area contributed by atoms with Gasteiger partial charge in [0, 0.05) is 38.9 Å². The van der Waals surface area contributed by atoms with Gasteiger partial charge in [0.05, 0.1) is 11.0 Å². The van der Waals surface area contributed by atoms with Crippen molar-refractivity contribution in [2.24, 2.45) is 0 Å². The van der Waals surface area contributed by atoms with E-state index in [2.05, 4.69) is 289 Å². The molecule has 13 aromatic rings. The maximum atomic E-state index is 2.44. The van der Waals surface area contributed by atoms with Crippen LogP contribution >= 0.6 is 0 Å². The van der Waals surface area contributed by atoms with Gasteiger partial charge in [0.2, 0.25) is 0 Å². The molecule has 0 radical (unpaired) electrons. The first-order valence-electron chi connectivity index (χ1n) is 24.1. The lowest BCUT2D eigenvalue weighted by molar-refractivity contribution is 1.19. The Balaban J connectivity index is 0.894. The topological polar surface area (TPSA) is 8.17 Å².